The van der Waals surface area contributed by atoms with E-state index in [-0.39, 0.29) is 11.4 Å². The Morgan fingerprint density at radius 3 is 2.58 bits per heavy atom. The van der Waals surface area contributed by atoms with E-state index in [1.54, 1.807) is 0 Å². The van der Waals surface area contributed by atoms with E-state index in [1.165, 1.54) is 0 Å². The lowest BCUT2D eigenvalue weighted by Crippen LogP contribution is -2.38. The highest BCUT2D eigenvalue weighted by molar-refractivity contribution is 6.17. The number of H-pyrrole nitrogens is 1. The predicted molar refractivity (Wildman–Crippen MR) is 63.9 cm³/mol. The van der Waals surface area contributed by atoms with Crippen molar-refractivity contribution in [3.63, 3.8) is 0 Å². The quantitative estimate of drug-likeness (QED) is 0.472. The molecule has 1 aliphatic heterocycles. The van der Waals surface area contributed by atoms with Crippen LogP contribution >= 0.6 is 11.6 Å². The monoisotopic (exact) mass is 292 g/mol. The van der Waals surface area contributed by atoms with Crippen molar-refractivity contribution in [1.29, 1.82) is 0 Å². The summed E-state index contributed by atoms with van der Waals surface area (Å²) in [5, 5.41) is 28.4. The van der Waals surface area contributed by atoms with Crippen LogP contribution in [0, 0.1) is 0 Å². The number of nitrogens with one attached hydrogen (secondary N) is 1. The van der Waals surface area contributed by atoms with E-state index < -0.39 is 42.4 Å². The third-order valence-electron chi connectivity index (χ3n) is 2.98. The summed E-state index contributed by atoms with van der Waals surface area (Å²) in [7, 11) is 0. The minimum absolute atomic E-state index is 0.121. The lowest BCUT2D eigenvalue weighted by molar-refractivity contribution is -0.0551. The van der Waals surface area contributed by atoms with Crippen molar-refractivity contribution >= 4 is 11.6 Å². The smallest absolute Gasteiger partial charge is 0.330 e. The first-order valence-electron chi connectivity index (χ1n) is 5.52. The number of aromatic nitrogens is 2. The van der Waals surface area contributed by atoms with Crippen LogP contribution in [0.25, 0.3) is 0 Å². The van der Waals surface area contributed by atoms with Gasteiger partial charge in [0.1, 0.15) is 18.3 Å². The number of nitrogens with zero attached hydrogens (tertiary/aromatic N) is 1. The van der Waals surface area contributed by atoms with Gasteiger partial charge in [-0.15, -0.1) is 11.6 Å². The molecule has 1 aliphatic rings. The van der Waals surface area contributed by atoms with Gasteiger partial charge in [-0.2, -0.15) is 0 Å². The number of aliphatic hydroxyl groups excluding tert-OH is 3. The molecule has 2 rings (SSSR count). The summed E-state index contributed by atoms with van der Waals surface area (Å²) in [4.78, 5) is 25.1. The summed E-state index contributed by atoms with van der Waals surface area (Å²) in [5.41, 5.74) is -1.30. The Balaban J connectivity index is 2.43. The van der Waals surface area contributed by atoms with E-state index >= 15 is 0 Å². The number of aromatic amines is 1. The van der Waals surface area contributed by atoms with Crippen LogP contribution in [0.4, 0.5) is 0 Å². The van der Waals surface area contributed by atoms with Crippen LogP contribution in [0.1, 0.15) is 11.8 Å². The Labute approximate surface area is 111 Å². The van der Waals surface area contributed by atoms with E-state index in [9.17, 15) is 19.8 Å². The summed E-state index contributed by atoms with van der Waals surface area (Å²) < 4.78 is 6.12. The number of aliphatic hydroxyl groups is 3. The Morgan fingerprint density at radius 1 is 1.37 bits per heavy atom. The highest BCUT2D eigenvalue weighted by Crippen LogP contribution is 2.27. The van der Waals surface area contributed by atoms with Gasteiger partial charge in [-0.1, -0.05) is 0 Å². The number of ether oxygens (including phenoxy) is 1. The number of hydrogen-bond acceptors (Lipinski definition) is 6. The molecule has 2 heterocycles. The number of alkyl halides is 1. The summed E-state index contributed by atoms with van der Waals surface area (Å²) in [6.07, 6.45) is -3.76. The molecule has 0 radical (unpaired) electrons. The van der Waals surface area contributed by atoms with Gasteiger partial charge in [-0.05, 0) is 0 Å². The largest absolute Gasteiger partial charge is 0.394 e. The second kappa shape index (κ2) is 5.43. The summed E-state index contributed by atoms with van der Waals surface area (Å²) in [5.74, 6) is -0.121. The molecule has 4 atom stereocenters. The fourth-order valence-electron chi connectivity index (χ4n) is 1.92. The van der Waals surface area contributed by atoms with Crippen molar-refractivity contribution in [1.82, 2.24) is 9.55 Å². The molecule has 8 nitrogen and oxygen atoms in total. The maximum Gasteiger partial charge on any atom is 0.330 e. The standard InChI is InChI=1S/C10H13ClN2O6/c11-1-4-2-13(10(18)12-8(4)17)9-7(16)6(15)5(3-14)19-9/h2,5-7,9,14-16H,1,3H2,(H,12,17,18)/t5-,6+,7?,9-/m1/s1. The molecule has 19 heavy (non-hydrogen) atoms. The van der Waals surface area contributed by atoms with E-state index in [1.807, 2.05) is 4.98 Å². The predicted octanol–water partition coefficient (Wildman–Crippen LogP) is -2.11. The molecule has 106 valence electrons. The van der Waals surface area contributed by atoms with Crippen molar-refractivity contribution in [2.24, 2.45) is 0 Å². The first kappa shape index (κ1) is 14.2. The third kappa shape index (κ3) is 2.45. The maximum absolute atomic E-state index is 11.7. The molecule has 9 heteroatoms. The minimum atomic E-state index is -1.40. The second-order valence-electron chi connectivity index (χ2n) is 4.18. The average Bonchev–Trinajstić information content (AvgIpc) is 2.67. The zero-order valence-corrected chi connectivity index (χ0v) is 10.4. The molecular formula is C10H13ClN2O6. The Morgan fingerprint density at radius 2 is 2.05 bits per heavy atom. The molecule has 1 aromatic rings. The van der Waals surface area contributed by atoms with E-state index in [4.69, 9.17) is 21.4 Å². The van der Waals surface area contributed by atoms with Gasteiger partial charge in [0, 0.05) is 11.8 Å². The highest BCUT2D eigenvalue weighted by Gasteiger charge is 2.43. The Hall–Kier alpha value is -1.19. The Bertz CT molecular complexity index is 570. The molecule has 0 spiro atoms. The number of hydrogen-bond donors (Lipinski definition) is 4. The van der Waals surface area contributed by atoms with Gasteiger partial charge in [0.15, 0.2) is 6.23 Å². The Kier molecular flexibility index (Phi) is 4.07. The normalized spacial score (nSPS) is 30.7. The van der Waals surface area contributed by atoms with Crippen LogP contribution in [-0.4, -0.2) is 49.8 Å². The van der Waals surface area contributed by atoms with Crippen molar-refractivity contribution in [3.05, 3.63) is 32.6 Å². The zero-order valence-electron chi connectivity index (χ0n) is 9.69. The third-order valence-corrected chi connectivity index (χ3v) is 3.26. The SMILES string of the molecule is O=c1[nH]c(=O)n([C@@H]2O[C@H](CO)[C@H](O)C2O)cc1CCl. The molecule has 1 saturated heterocycles. The fourth-order valence-corrected chi connectivity index (χ4v) is 2.11. The molecule has 1 unspecified atom stereocenters. The second-order valence-corrected chi connectivity index (χ2v) is 4.45. The van der Waals surface area contributed by atoms with E-state index in [0.717, 1.165) is 10.8 Å². The molecule has 0 aromatic carbocycles. The van der Waals surface area contributed by atoms with Crippen molar-refractivity contribution in [2.45, 2.75) is 30.4 Å². The van der Waals surface area contributed by atoms with Crippen molar-refractivity contribution < 1.29 is 20.1 Å². The molecule has 0 aliphatic carbocycles. The number of rotatable bonds is 3. The van der Waals surface area contributed by atoms with Crippen molar-refractivity contribution in [3.8, 4) is 0 Å². The average molecular weight is 293 g/mol. The molecule has 1 fully saturated rings. The van der Waals surface area contributed by atoms with E-state index in [0.29, 0.717) is 0 Å². The zero-order chi connectivity index (χ0) is 14.2. The van der Waals surface area contributed by atoms with Crippen LogP contribution in [0.15, 0.2) is 15.8 Å². The van der Waals surface area contributed by atoms with Gasteiger partial charge in [-0.3, -0.25) is 14.3 Å². The molecular weight excluding hydrogens is 280 g/mol. The van der Waals surface area contributed by atoms with E-state index in [2.05, 4.69) is 0 Å². The molecule has 0 bridgehead atoms. The minimum Gasteiger partial charge on any atom is -0.394 e. The molecule has 1 aromatic heterocycles. The fraction of sp³-hybridized carbons (Fsp3) is 0.600. The lowest BCUT2D eigenvalue weighted by Gasteiger charge is -2.17. The number of halogens is 1. The van der Waals surface area contributed by atoms with Crippen LogP contribution in [0.5, 0.6) is 0 Å². The van der Waals surface area contributed by atoms with Gasteiger partial charge in [-0.25, -0.2) is 4.79 Å². The first-order valence-corrected chi connectivity index (χ1v) is 6.05. The van der Waals surface area contributed by atoms with Crippen LogP contribution in [-0.2, 0) is 10.6 Å². The van der Waals surface area contributed by atoms with Gasteiger partial charge >= 0.3 is 5.69 Å². The maximum atomic E-state index is 11.7. The summed E-state index contributed by atoms with van der Waals surface area (Å²) in [6.45, 7) is -0.505. The molecule has 0 amide bonds. The van der Waals surface area contributed by atoms with Gasteiger partial charge in [0.2, 0.25) is 0 Å². The lowest BCUT2D eigenvalue weighted by atomic mass is 10.1. The van der Waals surface area contributed by atoms with Crippen LogP contribution < -0.4 is 11.2 Å². The summed E-state index contributed by atoms with van der Waals surface area (Å²) >= 11 is 5.56. The van der Waals surface area contributed by atoms with Crippen molar-refractivity contribution in [2.75, 3.05) is 6.61 Å². The van der Waals surface area contributed by atoms with Crippen LogP contribution in [0.3, 0.4) is 0 Å². The van der Waals surface area contributed by atoms with Gasteiger partial charge < -0.3 is 20.1 Å². The van der Waals surface area contributed by atoms with Gasteiger partial charge in [0.25, 0.3) is 5.56 Å². The topological polar surface area (TPSA) is 125 Å². The van der Waals surface area contributed by atoms with Crippen LogP contribution in [0.2, 0.25) is 0 Å². The molecule has 0 saturated carbocycles. The summed E-state index contributed by atoms with van der Waals surface area (Å²) in [6, 6.07) is 0. The molecule has 4 N–H and O–H groups in total. The first-order chi connectivity index (χ1) is 8.99. The van der Waals surface area contributed by atoms with Gasteiger partial charge in [0.05, 0.1) is 12.5 Å². The highest BCUT2D eigenvalue weighted by atomic mass is 35.5.